The van der Waals surface area contributed by atoms with Crippen LogP contribution in [-0.2, 0) is 6.54 Å². The van der Waals surface area contributed by atoms with Gasteiger partial charge in [-0.1, -0.05) is 27.7 Å². The Labute approximate surface area is 206 Å². The molecule has 3 aliphatic rings. The number of nitrogens with zero attached hydrogens (tertiary/aromatic N) is 1. The van der Waals surface area contributed by atoms with Crippen LogP contribution in [0.4, 0.5) is 13.2 Å². The van der Waals surface area contributed by atoms with Crippen molar-refractivity contribution < 1.29 is 28.1 Å². The summed E-state index contributed by atoms with van der Waals surface area (Å²) in [5.74, 6) is -1.03. The molecule has 184 valence electrons. The first-order chi connectivity index (χ1) is 16.2. The van der Waals surface area contributed by atoms with E-state index >= 15 is 0 Å². The Morgan fingerprint density at radius 2 is 2.00 bits per heavy atom. The minimum Gasteiger partial charge on any atom is -0.487 e. The molecule has 5 atom stereocenters. The molecule has 0 spiro atoms. The second-order valence-corrected chi connectivity index (χ2v) is 12.2. The van der Waals surface area contributed by atoms with Gasteiger partial charge in [0.15, 0.2) is 0 Å². The summed E-state index contributed by atoms with van der Waals surface area (Å²) in [6.07, 6.45) is -3.87. The molecule has 5 rings (SSSR count). The lowest BCUT2D eigenvalue weighted by Crippen LogP contribution is -2.35. The van der Waals surface area contributed by atoms with Crippen LogP contribution in [0.25, 0.3) is 5.57 Å². The Morgan fingerprint density at radius 1 is 1.24 bits per heavy atom. The standard InChI is InChI=1S/C25H28F3IN2O3/c1-11-8-29-13(3)14-4-5-31(22(11)14)17-7-19(24(33)23(17)32)34-18-6-15(25(27)28)21(26)20-12(2)9-30-10-16(18)20/h4-6,8,12,17,19,23-25,30,32-33H,7,9-10H2,1-3H3. The molecular formula is C25H28F3IN2O3. The Hall–Kier alpha value is -1.69. The van der Waals surface area contributed by atoms with E-state index in [1.54, 1.807) is 6.92 Å². The number of aromatic nitrogens is 1. The van der Waals surface area contributed by atoms with Crippen molar-refractivity contribution in [3.05, 3.63) is 56.2 Å². The van der Waals surface area contributed by atoms with Gasteiger partial charge in [0, 0.05) is 42.4 Å². The molecule has 5 unspecified atom stereocenters. The van der Waals surface area contributed by atoms with Gasteiger partial charge in [-0.05, 0) is 45.1 Å². The Morgan fingerprint density at radius 3 is 2.74 bits per heavy atom. The van der Waals surface area contributed by atoms with E-state index in [-0.39, 0.29) is 44.5 Å². The largest absolute Gasteiger partial charge is 0.487 e. The number of hydrogen-bond donors (Lipinski definition) is 3. The summed E-state index contributed by atoms with van der Waals surface area (Å²) >= 11 is -0.154. The Kier molecular flexibility index (Phi) is 6.41. The average Bonchev–Trinajstić information content (AvgIpc) is 3.36. The van der Waals surface area contributed by atoms with Crippen molar-refractivity contribution in [1.29, 1.82) is 0 Å². The van der Waals surface area contributed by atoms with Crippen molar-refractivity contribution in [2.24, 2.45) is 0 Å². The molecular weight excluding hydrogens is 560 g/mol. The maximum Gasteiger partial charge on any atom is 0.266 e. The highest BCUT2D eigenvalue weighted by molar-refractivity contribution is 14.2. The van der Waals surface area contributed by atoms with Crippen molar-refractivity contribution in [2.45, 2.75) is 70.4 Å². The highest BCUT2D eigenvalue weighted by atomic mass is 127. The predicted molar refractivity (Wildman–Crippen MR) is 133 cm³/mol. The number of hydrogen-bond acceptors (Lipinski definition) is 4. The first-order valence-corrected chi connectivity index (χ1v) is 13.7. The molecule has 0 saturated heterocycles. The monoisotopic (exact) mass is 588 g/mol. The summed E-state index contributed by atoms with van der Waals surface area (Å²) < 4.78 is 53.8. The molecule has 0 amide bonds. The average molecular weight is 588 g/mol. The van der Waals surface area contributed by atoms with Crippen LogP contribution in [0.5, 0.6) is 5.75 Å². The third kappa shape index (κ3) is 3.84. The summed E-state index contributed by atoms with van der Waals surface area (Å²) in [5.41, 5.74) is 3.41. The molecule has 0 radical (unpaired) electrons. The number of nitrogens with one attached hydrogen (secondary N) is 1. The lowest BCUT2D eigenvalue weighted by atomic mass is 9.89. The zero-order valence-corrected chi connectivity index (χ0v) is 21.3. The second-order valence-electron chi connectivity index (χ2n) is 9.36. The van der Waals surface area contributed by atoms with Gasteiger partial charge in [0.1, 0.15) is 29.9 Å². The SMILES string of the molecule is CC1=CI=C(C)c2ccn(C3CC(Oc4cc(C(F)F)c(F)c5c4CNCC5C)C(O)C3O)c21. The molecule has 1 saturated carbocycles. The summed E-state index contributed by atoms with van der Waals surface area (Å²) in [6.45, 7) is 6.73. The normalized spacial score (nSPS) is 28.7. The minimum atomic E-state index is -2.98. The van der Waals surface area contributed by atoms with Gasteiger partial charge in [-0.3, -0.25) is 0 Å². The summed E-state index contributed by atoms with van der Waals surface area (Å²) in [5, 5.41) is 25.0. The fourth-order valence-corrected chi connectivity index (χ4v) is 7.40. The number of alkyl halides is 2. The van der Waals surface area contributed by atoms with E-state index < -0.39 is 42.2 Å². The van der Waals surface area contributed by atoms with E-state index in [1.165, 1.54) is 9.07 Å². The topological polar surface area (TPSA) is 66.7 Å². The molecule has 1 aromatic heterocycles. The highest BCUT2D eigenvalue weighted by Crippen LogP contribution is 2.42. The van der Waals surface area contributed by atoms with Crippen LogP contribution in [0.15, 0.2) is 22.4 Å². The lowest BCUT2D eigenvalue weighted by Gasteiger charge is -2.29. The van der Waals surface area contributed by atoms with Gasteiger partial charge in [-0.15, -0.1) is 0 Å². The Balaban J connectivity index is 1.49. The van der Waals surface area contributed by atoms with E-state index in [1.807, 2.05) is 16.8 Å². The molecule has 9 heteroatoms. The molecule has 34 heavy (non-hydrogen) atoms. The van der Waals surface area contributed by atoms with Gasteiger partial charge in [-0.25, -0.2) is 13.2 Å². The number of ether oxygens (including phenoxy) is 1. The fourth-order valence-electron chi connectivity index (χ4n) is 5.40. The number of aliphatic hydroxyl groups is 2. The van der Waals surface area contributed by atoms with Gasteiger partial charge in [0.25, 0.3) is 6.43 Å². The van der Waals surface area contributed by atoms with Gasteiger partial charge in [-0.2, -0.15) is 0 Å². The third-order valence-electron chi connectivity index (χ3n) is 7.16. The third-order valence-corrected chi connectivity index (χ3v) is 9.92. The molecule has 1 aliphatic carbocycles. The van der Waals surface area contributed by atoms with E-state index in [9.17, 15) is 23.4 Å². The molecule has 1 aromatic carbocycles. The smallest absolute Gasteiger partial charge is 0.266 e. The number of benzene rings is 1. The van der Waals surface area contributed by atoms with E-state index in [4.69, 9.17) is 4.74 Å². The van der Waals surface area contributed by atoms with Crippen LogP contribution in [0, 0.1) is 5.82 Å². The first-order valence-electron chi connectivity index (χ1n) is 11.4. The molecule has 5 nitrogen and oxygen atoms in total. The van der Waals surface area contributed by atoms with Crippen molar-refractivity contribution >= 4 is 29.8 Å². The fraction of sp³-hybridized carbons (Fsp3) is 0.480. The zero-order chi connectivity index (χ0) is 24.3. The number of rotatable bonds is 4. The zero-order valence-electron chi connectivity index (χ0n) is 19.2. The summed E-state index contributed by atoms with van der Waals surface area (Å²) in [4.78, 5) is 0. The van der Waals surface area contributed by atoms with Crippen LogP contribution in [0.1, 0.15) is 73.5 Å². The molecule has 3 N–H and O–H groups in total. The number of aliphatic hydroxyl groups excluding tert-OH is 2. The second kappa shape index (κ2) is 9.07. The van der Waals surface area contributed by atoms with Gasteiger partial charge in [0.05, 0.1) is 17.3 Å². The molecule has 2 aliphatic heterocycles. The van der Waals surface area contributed by atoms with Crippen molar-refractivity contribution in [3.8, 4) is 5.75 Å². The van der Waals surface area contributed by atoms with E-state index in [2.05, 4.69) is 23.2 Å². The van der Waals surface area contributed by atoms with Crippen LogP contribution in [0.2, 0.25) is 0 Å². The maximum absolute atomic E-state index is 14.9. The summed E-state index contributed by atoms with van der Waals surface area (Å²) in [6, 6.07) is 2.67. The molecule has 2 aromatic rings. The molecule has 1 fully saturated rings. The van der Waals surface area contributed by atoms with Crippen LogP contribution < -0.4 is 10.1 Å². The van der Waals surface area contributed by atoms with E-state index in [0.717, 1.165) is 17.3 Å². The molecule has 0 bridgehead atoms. The quantitative estimate of drug-likeness (QED) is 0.451. The Bertz CT molecular complexity index is 1190. The number of fused-ring (bicyclic) bond motifs is 2. The number of halogens is 4. The predicted octanol–water partition coefficient (Wildman–Crippen LogP) is 4.77. The molecule has 3 heterocycles. The lowest BCUT2D eigenvalue weighted by molar-refractivity contribution is -0.0171. The van der Waals surface area contributed by atoms with E-state index in [0.29, 0.717) is 18.5 Å². The first kappa shape index (κ1) is 24.0. The summed E-state index contributed by atoms with van der Waals surface area (Å²) in [7, 11) is 0. The van der Waals surface area contributed by atoms with Crippen molar-refractivity contribution in [3.63, 3.8) is 0 Å². The number of allylic oxidation sites excluding steroid dienone is 1. The van der Waals surface area contributed by atoms with Crippen molar-refractivity contribution in [1.82, 2.24) is 9.88 Å². The van der Waals surface area contributed by atoms with Crippen LogP contribution in [0.3, 0.4) is 0 Å². The van der Waals surface area contributed by atoms with Crippen LogP contribution >= 0.6 is 20.7 Å². The highest BCUT2D eigenvalue weighted by Gasteiger charge is 2.45. The maximum atomic E-state index is 14.9. The van der Waals surface area contributed by atoms with Crippen molar-refractivity contribution in [2.75, 3.05) is 6.54 Å². The minimum absolute atomic E-state index is 0.141. The van der Waals surface area contributed by atoms with Crippen LogP contribution in [-0.4, -0.2) is 43.1 Å². The van der Waals surface area contributed by atoms with Gasteiger partial charge >= 0.3 is 0 Å². The van der Waals surface area contributed by atoms with Gasteiger partial charge < -0.3 is 24.8 Å². The van der Waals surface area contributed by atoms with Gasteiger partial charge in [0.2, 0.25) is 0 Å².